The minimum Gasteiger partial charge on any atom is -0.389 e. The molecule has 1 unspecified atom stereocenters. The van der Waals surface area contributed by atoms with E-state index < -0.39 is 0 Å². The van der Waals surface area contributed by atoms with Gasteiger partial charge in [-0.25, -0.2) is 0 Å². The maximum Gasteiger partial charge on any atom is 0.0774 e. The fourth-order valence-electron chi connectivity index (χ4n) is 3.53. The van der Waals surface area contributed by atoms with E-state index in [1.165, 1.54) is 45.2 Å². The zero-order chi connectivity index (χ0) is 12.1. The van der Waals surface area contributed by atoms with Crippen LogP contribution in [0, 0.1) is 5.92 Å². The van der Waals surface area contributed by atoms with Gasteiger partial charge in [0, 0.05) is 13.1 Å². The number of rotatable bonds is 4. The molecule has 2 N–H and O–H groups in total. The van der Waals surface area contributed by atoms with E-state index in [0.29, 0.717) is 0 Å². The Morgan fingerprint density at radius 3 is 2.71 bits per heavy atom. The minimum absolute atomic E-state index is 0.375. The summed E-state index contributed by atoms with van der Waals surface area (Å²) in [6, 6.07) is 0. The van der Waals surface area contributed by atoms with E-state index in [0.717, 1.165) is 31.8 Å². The number of piperidine rings is 1. The maximum absolute atomic E-state index is 10.6. The van der Waals surface area contributed by atoms with E-state index in [2.05, 4.69) is 10.2 Å². The van der Waals surface area contributed by atoms with Gasteiger partial charge in [-0.2, -0.15) is 0 Å². The van der Waals surface area contributed by atoms with E-state index in [9.17, 15) is 5.11 Å². The van der Waals surface area contributed by atoms with Crippen LogP contribution < -0.4 is 5.32 Å². The third-order valence-electron chi connectivity index (χ3n) is 4.40. The maximum atomic E-state index is 10.6. The van der Waals surface area contributed by atoms with Crippen LogP contribution in [-0.2, 0) is 0 Å². The van der Waals surface area contributed by atoms with Crippen molar-refractivity contribution in [2.75, 3.05) is 33.2 Å². The van der Waals surface area contributed by atoms with Crippen LogP contribution in [0.4, 0.5) is 0 Å². The molecule has 0 spiro atoms. The van der Waals surface area contributed by atoms with Crippen molar-refractivity contribution >= 4 is 0 Å². The average Bonchev–Trinajstić information content (AvgIpc) is 2.30. The summed E-state index contributed by atoms with van der Waals surface area (Å²) in [5.74, 6) is 0.779. The number of aliphatic hydroxyl groups is 1. The molecule has 1 aliphatic heterocycles. The molecule has 1 saturated heterocycles. The highest BCUT2D eigenvalue weighted by molar-refractivity contribution is 4.87. The first-order valence-corrected chi connectivity index (χ1v) is 7.31. The van der Waals surface area contributed by atoms with E-state index in [1.54, 1.807) is 0 Å². The van der Waals surface area contributed by atoms with Crippen molar-refractivity contribution in [3.8, 4) is 0 Å². The Morgan fingerprint density at radius 1 is 1.24 bits per heavy atom. The van der Waals surface area contributed by atoms with Crippen LogP contribution in [0.2, 0.25) is 0 Å². The summed E-state index contributed by atoms with van der Waals surface area (Å²) < 4.78 is 0. The molecule has 0 bridgehead atoms. The van der Waals surface area contributed by atoms with E-state index >= 15 is 0 Å². The molecule has 1 heterocycles. The van der Waals surface area contributed by atoms with Crippen molar-refractivity contribution in [1.82, 2.24) is 10.2 Å². The molecular weight excluding hydrogens is 212 g/mol. The van der Waals surface area contributed by atoms with E-state index in [1.807, 2.05) is 7.05 Å². The number of nitrogens with one attached hydrogen (secondary N) is 1. The van der Waals surface area contributed by atoms with Crippen molar-refractivity contribution in [2.45, 2.75) is 50.5 Å². The fourth-order valence-corrected chi connectivity index (χ4v) is 3.53. The molecule has 1 saturated carbocycles. The monoisotopic (exact) mass is 240 g/mol. The summed E-state index contributed by atoms with van der Waals surface area (Å²) >= 11 is 0. The van der Waals surface area contributed by atoms with Crippen molar-refractivity contribution in [1.29, 1.82) is 0 Å². The summed E-state index contributed by atoms with van der Waals surface area (Å²) in [6.07, 6.45) is 8.40. The lowest BCUT2D eigenvalue weighted by molar-refractivity contribution is -0.0342. The summed E-state index contributed by atoms with van der Waals surface area (Å²) in [4.78, 5) is 2.50. The Hall–Kier alpha value is -0.120. The van der Waals surface area contributed by atoms with E-state index in [-0.39, 0.29) is 5.60 Å². The molecule has 0 amide bonds. The molecule has 100 valence electrons. The molecule has 0 aromatic carbocycles. The van der Waals surface area contributed by atoms with Crippen LogP contribution in [0.25, 0.3) is 0 Å². The van der Waals surface area contributed by atoms with Gasteiger partial charge in [-0.15, -0.1) is 0 Å². The lowest BCUT2D eigenvalue weighted by atomic mass is 9.84. The quantitative estimate of drug-likeness (QED) is 0.784. The van der Waals surface area contributed by atoms with Gasteiger partial charge in [0.2, 0.25) is 0 Å². The first kappa shape index (κ1) is 13.3. The van der Waals surface area contributed by atoms with Crippen molar-refractivity contribution in [3.05, 3.63) is 0 Å². The average molecular weight is 240 g/mol. The predicted octanol–water partition coefficient (Wildman–Crippen LogP) is 1.61. The van der Waals surface area contributed by atoms with Crippen LogP contribution in [0.1, 0.15) is 44.9 Å². The molecule has 2 rings (SSSR count). The Labute approximate surface area is 106 Å². The predicted molar refractivity (Wildman–Crippen MR) is 71.1 cm³/mol. The Bertz CT molecular complexity index is 224. The summed E-state index contributed by atoms with van der Waals surface area (Å²) in [6.45, 7) is 4.38. The molecular formula is C14H28N2O. The van der Waals surface area contributed by atoms with Gasteiger partial charge in [-0.3, -0.25) is 0 Å². The topological polar surface area (TPSA) is 35.5 Å². The summed E-state index contributed by atoms with van der Waals surface area (Å²) in [7, 11) is 2.04. The van der Waals surface area contributed by atoms with Gasteiger partial charge < -0.3 is 15.3 Å². The van der Waals surface area contributed by atoms with E-state index in [4.69, 9.17) is 0 Å². The standard InChI is InChI=1S/C14H28N2O/c1-15-10-13-6-5-9-16(11-13)12-14(17)7-3-2-4-8-14/h13,15,17H,2-12H2,1H3. The SMILES string of the molecule is CNCC1CCCN(CC2(O)CCCCC2)C1. The van der Waals surface area contributed by atoms with Gasteiger partial charge >= 0.3 is 0 Å². The van der Waals surface area contributed by atoms with Gasteiger partial charge in [0.15, 0.2) is 0 Å². The number of hydrogen-bond donors (Lipinski definition) is 2. The molecule has 3 heteroatoms. The molecule has 0 aromatic heterocycles. The van der Waals surface area contributed by atoms with Crippen molar-refractivity contribution < 1.29 is 5.11 Å². The highest BCUT2D eigenvalue weighted by Crippen LogP contribution is 2.30. The second-order valence-electron chi connectivity index (χ2n) is 6.09. The van der Waals surface area contributed by atoms with Gasteiger partial charge in [0.25, 0.3) is 0 Å². The van der Waals surface area contributed by atoms with Crippen LogP contribution in [0.15, 0.2) is 0 Å². The zero-order valence-electron chi connectivity index (χ0n) is 11.2. The minimum atomic E-state index is -0.375. The number of hydrogen-bond acceptors (Lipinski definition) is 3. The normalized spacial score (nSPS) is 30.4. The third-order valence-corrected chi connectivity index (χ3v) is 4.40. The second-order valence-corrected chi connectivity index (χ2v) is 6.09. The Morgan fingerprint density at radius 2 is 2.00 bits per heavy atom. The Kier molecular flexibility index (Phi) is 4.83. The van der Waals surface area contributed by atoms with Crippen LogP contribution in [-0.4, -0.2) is 48.8 Å². The smallest absolute Gasteiger partial charge is 0.0774 e. The first-order valence-electron chi connectivity index (χ1n) is 7.31. The molecule has 0 aromatic rings. The molecule has 3 nitrogen and oxygen atoms in total. The second kappa shape index (κ2) is 6.17. The first-order chi connectivity index (χ1) is 8.22. The van der Waals surface area contributed by atoms with Gasteiger partial charge in [-0.1, -0.05) is 19.3 Å². The highest BCUT2D eigenvalue weighted by atomic mass is 16.3. The molecule has 1 atom stereocenters. The number of likely N-dealkylation sites (tertiary alicyclic amines) is 1. The lowest BCUT2D eigenvalue weighted by Gasteiger charge is -2.40. The third kappa shape index (κ3) is 3.94. The molecule has 1 aliphatic carbocycles. The summed E-state index contributed by atoms with van der Waals surface area (Å²) in [5, 5.41) is 13.9. The molecule has 17 heavy (non-hydrogen) atoms. The van der Waals surface area contributed by atoms with Gasteiger partial charge in [0.1, 0.15) is 0 Å². The van der Waals surface area contributed by atoms with Crippen molar-refractivity contribution in [3.63, 3.8) is 0 Å². The molecule has 0 radical (unpaired) electrons. The zero-order valence-corrected chi connectivity index (χ0v) is 11.2. The van der Waals surface area contributed by atoms with Crippen LogP contribution >= 0.6 is 0 Å². The van der Waals surface area contributed by atoms with Crippen LogP contribution in [0.5, 0.6) is 0 Å². The fraction of sp³-hybridized carbons (Fsp3) is 1.00. The van der Waals surface area contributed by atoms with Crippen LogP contribution in [0.3, 0.4) is 0 Å². The molecule has 2 aliphatic rings. The number of β-amino-alcohol motifs (C(OH)–C–C–N with tert-alkyl or cyclic N) is 1. The highest BCUT2D eigenvalue weighted by Gasteiger charge is 2.32. The lowest BCUT2D eigenvalue weighted by Crippen LogP contribution is -2.48. The van der Waals surface area contributed by atoms with Gasteiger partial charge in [0.05, 0.1) is 5.60 Å². The molecule has 2 fully saturated rings. The number of nitrogens with zero attached hydrogens (tertiary/aromatic N) is 1. The largest absolute Gasteiger partial charge is 0.389 e. The summed E-state index contributed by atoms with van der Waals surface area (Å²) in [5.41, 5.74) is -0.375. The Balaban J connectivity index is 1.81. The van der Waals surface area contributed by atoms with Gasteiger partial charge in [-0.05, 0) is 51.7 Å². The van der Waals surface area contributed by atoms with Crippen molar-refractivity contribution in [2.24, 2.45) is 5.92 Å².